The molecule has 1 unspecified atom stereocenters. The first-order valence-electron chi connectivity index (χ1n) is 13.9. The van der Waals surface area contributed by atoms with Gasteiger partial charge in [0, 0.05) is 11.6 Å². The number of carbonyl (C=O) groups is 3. The number of Topliss-reactive ketones (excluding diaryl/α,β-unsaturated/α-hetero) is 2. The fourth-order valence-corrected chi connectivity index (χ4v) is 4.66. The van der Waals surface area contributed by atoms with Crippen molar-refractivity contribution in [2.45, 2.75) is 85.2 Å². The smallest absolute Gasteiger partial charge is 0.347 e. The van der Waals surface area contributed by atoms with Crippen molar-refractivity contribution in [2.75, 3.05) is 19.8 Å². The second-order valence-corrected chi connectivity index (χ2v) is 9.77. The molecule has 0 saturated carbocycles. The van der Waals surface area contributed by atoms with Crippen molar-refractivity contribution in [1.82, 2.24) is 0 Å². The molecule has 8 heteroatoms. The van der Waals surface area contributed by atoms with Gasteiger partial charge in [0.25, 0.3) is 0 Å². The van der Waals surface area contributed by atoms with Gasteiger partial charge in [-0.25, -0.2) is 4.79 Å². The molecule has 8 nitrogen and oxygen atoms in total. The van der Waals surface area contributed by atoms with Crippen LogP contribution >= 0.6 is 0 Å². The number of unbranched alkanes of at least 4 members (excludes halogenated alkanes) is 3. The highest BCUT2D eigenvalue weighted by molar-refractivity contribution is 5.98. The van der Waals surface area contributed by atoms with Gasteiger partial charge >= 0.3 is 5.97 Å². The highest BCUT2D eigenvalue weighted by Gasteiger charge is 2.29. The monoisotopic (exact) mass is 540 g/mol. The summed E-state index contributed by atoms with van der Waals surface area (Å²) in [5.41, 5.74) is 2.41. The molecule has 2 aromatic rings. The van der Waals surface area contributed by atoms with Gasteiger partial charge in [0.1, 0.15) is 23.0 Å². The van der Waals surface area contributed by atoms with E-state index in [1.165, 1.54) is 13.8 Å². The molecule has 0 radical (unpaired) electrons. The molecular formula is C31H40O8. The van der Waals surface area contributed by atoms with E-state index in [1.807, 2.05) is 6.92 Å². The molecule has 1 aliphatic rings. The molecule has 1 atom stereocenters. The van der Waals surface area contributed by atoms with Gasteiger partial charge in [-0.3, -0.25) is 9.59 Å². The lowest BCUT2D eigenvalue weighted by molar-refractivity contribution is -0.152. The van der Waals surface area contributed by atoms with Crippen molar-refractivity contribution in [3.05, 3.63) is 46.5 Å². The summed E-state index contributed by atoms with van der Waals surface area (Å²) in [6.45, 7) is 7.99. The fraction of sp³-hybridized carbons (Fsp3) is 0.516. The SMILES string of the molecule is CCCc1c(OCCCCCCOc2cc3c(cc2C(C)=O)CCC(C(=O)OCC)O3)ccc(C(C)=O)c1O. The van der Waals surface area contributed by atoms with E-state index in [0.29, 0.717) is 73.0 Å². The summed E-state index contributed by atoms with van der Waals surface area (Å²) in [5.74, 6) is 1.04. The van der Waals surface area contributed by atoms with Crippen LogP contribution in [0.2, 0.25) is 0 Å². The van der Waals surface area contributed by atoms with Gasteiger partial charge in [0.15, 0.2) is 17.7 Å². The Balaban J connectivity index is 1.47. The number of aromatic hydroxyl groups is 1. The molecule has 39 heavy (non-hydrogen) atoms. The standard InChI is InChI=1S/C31H40O8/c1-5-11-24-26(15-13-23(20(3)32)30(24)34)37-16-9-7-8-10-17-38-29-19-28-22(18-25(29)21(4)33)12-14-27(39-28)31(35)36-6-2/h13,15,18-19,27,34H,5-12,14,16-17H2,1-4H3. The summed E-state index contributed by atoms with van der Waals surface area (Å²) >= 11 is 0. The first-order valence-corrected chi connectivity index (χ1v) is 13.9. The lowest BCUT2D eigenvalue weighted by Gasteiger charge is -2.26. The fourth-order valence-electron chi connectivity index (χ4n) is 4.66. The number of fused-ring (bicyclic) bond motifs is 1. The lowest BCUT2D eigenvalue weighted by Crippen LogP contribution is -2.33. The first kappa shape index (κ1) is 30.0. The highest BCUT2D eigenvalue weighted by atomic mass is 16.6. The number of aryl methyl sites for hydroxylation is 1. The highest BCUT2D eigenvalue weighted by Crippen LogP contribution is 2.35. The van der Waals surface area contributed by atoms with E-state index in [2.05, 4.69) is 0 Å². The molecule has 2 aromatic carbocycles. The zero-order valence-electron chi connectivity index (χ0n) is 23.5. The van der Waals surface area contributed by atoms with Crippen molar-refractivity contribution in [1.29, 1.82) is 0 Å². The summed E-state index contributed by atoms with van der Waals surface area (Å²) in [6, 6.07) is 6.89. The van der Waals surface area contributed by atoms with Crippen LogP contribution in [0.15, 0.2) is 24.3 Å². The van der Waals surface area contributed by atoms with Crippen LogP contribution in [0.5, 0.6) is 23.0 Å². The average molecular weight is 541 g/mol. The van der Waals surface area contributed by atoms with E-state index in [9.17, 15) is 19.5 Å². The second-order valence-electron chi connectivity index (χ2n) is 9.77. The Bertz CT molecular complexity index is 1170. The van der Waals surface area contributed by atoms with E-state index in [1.54, 1.807) is 31.2 Å². The van der Waals surface area contributed by atoms with Gasteiger partial charge in [-0.2, -0.15) is 0 Å². The van der Waals surface area contributed by atoms with Crippen LogP contribution in [0, 0.1) is 0 Å². The third-order valence-corrected chi connectivity index (χ3v) is 6.71. The van der Waals surface area contributed by atoms with Crippen molar-refractivity contribution in [3.8, 4) is 23.0 Å². The number of rotatable bonds is 15. The molecule has 0 bridgehead atoms. The van der Waals surface area contributed by atoms with Gasteiger partial charge in [-0.15, -0.1) is 0 Å². The minimum atomic E-state index is -0.648. The molecule has 1 aliphatic heterocycles. The van der Waals surface area contributed by atoms with Gasteiger partial charge in [-0.05, 0) is 89.5 Å². The van der Waals surface area contributed by atoms with Crippen molar-refractivity contribution >= 4 is 17.5 Å². The van der Waals surface area contributed by atoms with Crippen molar-refractivity contribution in [3.63, 3.8) is 0 Å². The maximum Gasteiger partial charge on any atom is 0.347 e. The lowest BCUT2D eigenvalue weighted by atomic mass is 9.98. The average Bonchev–Trinajstić information content (AvgIpc) is 2.90. The summed E-state index contributed by atoms with van der Waals surface area (Å²) < 4.78 is 22.9. The third kappa shape index (κ3) is 7.97. The number of benzene rings is 2. The van der Waals surface area contributed by atoms with Crippen LogP contribution in [-0.4, -0.2) is 48.6 Å². The number of carbonyl (C=O) groups excluding carboxylic acids is 3. The molecule has 0 aliphatic carbocycles. The van der Waals surface area contributed by atoms with E-state index in [4.69, 9.17) is 18.9 Å². The Kier molecular flexibility index (Phi) is 11.2. The summed E-state index contributed by atoms with van der Waals surface area (Å²) in [4.78, 5) is 36.1. The summed E-state index contributed by atoms with van der Waals surface area (Å²) in [7, 11) is 0. The summed E-state index contributed by atoms with van der Waals surface area (Å²) in [6.07, 6.45) is 5.44. The molecule has 0 spiro atoms. The largest absolute Gasteiger partial charge is 0.507 e. The molecule has 1 N–H and O–H groups in total. The maximum absolute atomic E-state index is 12.2. The van der Waals surface area contributed by atoms with Gasteiger partial charge in [0.2, 0.25) is 0 Å². The van der Waals surface area contributed by atoms with Crippen LogP contribution in [0.4, 0.5) is 0 Å². The van der Waals surface area contributed by atoms with E-state index < -0.39 is 6.10 Å². The zero-order valence-corrected chi connectivity index (χ0v) is 23.5. The number of phenols is 1. The van der Waals surface area contributed by atoms with Gasteiger partial charge in [0.05, 0.1) is 30.9 Å². The van der Waals surface area contributed by atoms with Crippen LogP contribution in [0.25, 0.3) is 0 Å². The van der Waals surface area contributed by atoms with Crippen LogP contribution in [0.3, 0.4) is 0 Å². The van der Waals surface area contributed by atoms with E-state index in [-0.39, 0.29) is 23.3 Å². The minimum Gasteiger partial charge on any atom is -0.507 e. The zero-order chi connectivity index (χ0) is 28.4. The molecule has 0 aromatic heterocycles. The Hall–Kier alpha value is -3.55. The quantitative estimate of drug-likeness (QED) is 0.166. The molecule has 212 valence electrons. The minimum absolute atomic E-state index is 0.0212. The number of hydrogen-bond acceptors (Lipinski definition) is 8. The molecule has 3 rings (SSSR count). The van der Waals surface area contributed by atoms with Gasteiger partial charge in [-0.1, -0.05) is 13.3 Å². The number of hydrogen-bond donors (Lipinski definition) is 1. The number of esters is 1. The normalized spacial score (nSPS) is 14.2. The molecule has 0 amide bonds. The van der Waals surface area contributed by atoms with E-state index >= 15 is 0 Å². The molecular weight excluding hydrogens is 500 g/mol. The first-order chi connectivity index (χ1) is 18.8. The maximum atomic E-state index is 12.2. The predicted molar refractivity (Wildman–Crippen MR) is 147 cm³/mol. The third-order valence-electron chi connectivity index (χ3n) is 6.71. The predicted octanol–water partition coefficient (Wildman–Crippen LogP) is 6.02. The summed E-state index contributed by atoms with van der Waals surface area (Å²) in [5, 5.41) is 10.5. The Morgan fingerprint density at radius 2 is 1.59 bits per heavy atom. The van der Waals surface area contributed by atoms with Crippen LogP contribution < -0.4 is 14.2 Å². The van der Waals surface area contributed by atoms with Crippen LogP contribution in [-0.2, 0) is 22.4 Å². The van der Waals surface area contributed by atoms with Gasteiger partial charge < -0.3 is 24.1 Å². The number of phenolic OH excluding ortho intramolecular Hbond substituents is 1. The van der Waals surface area contributed by atoms with Crippen molar-refractivity contribution < 1.29 is 38.4 Å². The van der Waals surface area contributed by atoms with E-state index in [0.717, 1.165) is 37.7 Å². The number of ether oxygens (including phenoxy) is 4. The van der Waals surface area contributed by atoms with Crippen molar-refractivity contribution in [2.24, 2.45) is 0 Å². The molecule has 1 heterocycles. The Morgan fingerprint density at radius 1 is 0.923 bits per heavy atom. The number of ketones is 2. The molecule has 0 fully saturated rings. The van der Waals surface area contributed by atoms with Crippen LogP contribution in [0.1, 0.15) is 98.1 Å². The Morgan fingerprint density at radius 3 is 2.21 bits per heavy atom. The topological polar surface area (TPSA) is 108 Å². The molecule has 0 saturated heterocycles. The second kappa shape index (κ2) is 14.6. The Labute approximate surface area is 230 Å².